The lowest BCUT2D eigenvalue weighted by molar-refractivity contribution is 0.450. The van der Waals surface area contributed by atoms with Crippen LogP contribution < -0.4 is 5.73 Å². The number of nitrogens with zero attached hydrogens (tertiary/aromatic N) is 2. The van der Waals surface area contributed by atoms with Crippen LogP contribution in [0.4, 0.5) is 0 Å². The summed E-state index contributed by atoms with van der Waals surface area (Å²) in [6.45, 7) is 9.04. The molecule has 5 heteroatoms. The van der Waals surface area contributed by atoms with Gasteiger partial charge >= 0.3 is 0 Å². The number of halogens is 2. The average molecular weight is 468 g/mol. The first kappa shape index (κ1) is 20.7. The third-order valence-electron chi connectivity index (χ3n) is 3.59. The Kier molecular flexibility index (Phi) is 11.1. The van der Waals surface area contributed by atoms with Gasteiger partial charge in [-0.3, -0.25) is 4.99 Å². The molecule has 0 radical (unpaired) electrons. The average Bonchev–Trinajstić information content (AvgIpc) is 2.44. The van der Waals surface area contributed by atoms with E-state index >= 15 is 0 Å². The first-order chi connectivity index (χ1) is 9.60. The van der Waals surface area contributed by atoms with Crippen LogP contribution in [0.1, 0.15) is 32.8 Å². The van der Waals surface area contributed by atoms with Gasteiger partial charge in [-0.25, -0.2) is 0 Å². The van der Waals surface area contributed by atoms with Crippen LogP contribution in [0.5, 0.6) is 0 Å². The lowest BCUT2D eigenvalue weighted by Crippen LogP contribution is -2.37. The molecule has 0 amide bonds. The monoisotopic (exact) mass is 467 g/mol. The van der Waals surface area contributed by atoms with Crippen molar-refractivity contribution in [3.8, 4) is 0 Å². The second-order valence-corrected chi connectivity index (χ2v) is 5.90. The Balaban J connectivity index is 0.00000400. The summed E-state index contributed by atoms with van der Waals surface area (Å²) in [5, 5.41) is 0. The van der Waals surface area contributed by atoms with Gasteiger partial charge in [-0.1, -0.05) is 41.4 Å². The molecule has 0 aromatic heterocycles. The summed E-state index contributed by atoms with van der Waals surface area (Å²) in [5.74, 6) is 1.21. The Hall–Kier alpha value is -0.300. The Labute approximate surface area is 154 Å². The molecule has 0 saturated heterocycles. The summed E-state index contributed by atoms with van der Waals surface area (Å²) in [5.41, 5.74) is 7.38. The van der Waals surface area contributed by atoms with E-state index in [9.17, 15) is 0 Å². The van der Waals surface area contributed by atoms with Gasteiger partial charge in [-0.15, -0.1) is 24.0 Å². The van der Waals surface area contributed by atoms with E-state index in [0.717, 1.165) is 36.9 Å². The van der Waals surface area contributed by atoms with E-state index in [2.05, 4.69) is 70.9 Å². The summed E-state index contributed by atoms with van der Waals surface area (Å²) >= 11 is 3.52. The molecule has 0 aliphatic heterocycles. The molecule has 0 fully saturated rings. The molecule has 1 aromatic carbocycles. The molecule has 0 spiro atoms. The number of benzene rings is 1. The van der Waals surface area contributed by atoms with Gasteiger partial charge in [0.2, 0.25) is 0 Å². The van der Waals surface area contributed by atoms with Crippen LogP contribution in [0.3, 0.4) is 0 Å². The van der Waals surface area contributed by atoms with Gasteiger partial charge in [-0.2, -0.15) is 0 Å². The number of hydrogen-bond acceptors (Lipinski definition) is 1. The lowest BCUT2D eigenvalue weighted by atomic mass is 9.97. The van der Waals surface area contributed by atoms with E-state index in [4.69, 9.17) is 5.73 Å². The molecular formula is C16H27BrIN3. The fraction of sp³-hybridized carbons (Fsp3) is 0.562. The number of aliphatic imine (C=N–C) groups is 1. The largest absolute Gasteiger partial charge is 0.370 e. The predicted octanol–water partition coefficient (Wildman–Crippen LogP) is 4.29. The SMILES string of the molecule is CCC(CN=C(N)N(CC)CC)Cc1cccc(Br)c1.I. The Morgan fingerprint density at radius 2 is 1.95 bits per heavy atom. The first-order valence-corrected chi connectivity index (χ1v) is 8.19. The van der Waals surface area contributed by atoms with Crippen LogP contribution in [0, 0.1) is 5.92 Å². The molecule has 1 unspecified atom stereocenters. The summed E-state index contributed by atoms with van der Waals surface area (Å²) in [7, 11) is 0. The molecule has 1 atom stereocenters. The van der Waals surface area contributed by atoms with E-state index in [1.165, 1.54) is 5.56 Å². The second-order valence-electron chi connectivity index (χ2n) is 4.98. The van der Waals surface area contributed by atoms with Crippen molar-refractivity contribution in [1.82, 2.24) is 4.90 Å². The van der Waals surface area contributed by atoms with Crippen molar-refractivity contribution in [1.29, 1.82) is 0 Å². The van der Waals surface area contributed by atoms with Crippen LogP contribution >= 0.6 is 39.9 Å². The summed E-state index contributed by atoms with van der Waals surface area (Å²) in [6, 6.07) is 8.49. The number of guanidine groups is 1. The van der Waals surface area contributed by atoms with E-state index < -0.39 is 0 Å². The van der Waals surface area contributed by atoms with E-state index in [1.54, 1.807) is 0 Å². The van der Waals surface area contributed by atoms with Crippen LogP contribution in [0.25, 0.3) is 0 Å². The molecule has 0 saturated carbocycles. The maximum atomic E-state index is 6.03. The van der Waals surface area contributed by atoms with E-state index in [0.29, 0.717) is 11.9 Å². The van der Waals surface area contributed by atoms with Gasteiger partial charge in [0.25, 0.3) is 0 Å². The van der Waals surface area contributed by atoms with Crippen LogP contribution in [0.2, 0.25) is 0 Å². The highest BCUT2D eigenvalue weighted by Gasteiger charge is 2.09. The molecule has 21 heavy (non-hydrogen) atoms. The van der Waals surface area contributed by atoms with Gasteiger partial charge in [0, 0.05) is 24.1 Å². The van der Waals surface area contributed by atoms with E-state index in [1.807, 2.05) is 0 Å². The smallest absolute Gasteiger partial charge is 0.191 e. The zero-order valence-corrected chi connectivity index (χ0v) is 17.1. The van der Waals surface area contributed by atoms with Crippen molar-refractivity contribution in [2.75, 3.05) is 19.6 Å². The highest BCUT2D eigenvalue weighted by atomic mass is 127. The molecule has 0 bridgehead atoms. The van der Waals surface area contributed by atoms with Gasteiger partial charge in [-0.05, 0) is 43.9 Å². The second kappa shape index (κ2) is 11.3. The number of nitrogens with two attached hydrogens (primary N) is 1. The molecular weight excluding hydrogens is 441 g/mol. The minimum absolute atomic E-state index is 0. The van der Waals surface area contributed by atoms with Gasteiger partial charge in [0.15, 0.2) is 5.96 Å². The van der Waals surface area contributed by atoms with Crippen molar-refractivity contribution < 1.29 is 0 Å². The number of rotatable bonds is 7. The summed E-state index contributed by atoms with van der Waals surface area (Å²) < 4.78 is 1.14. The van der Waals surface area contributed by atoms with Crippen molar-refractivity contribution in [2.24, 2.45) is 16.6 Å². The van der Waals surface area contributed by atoms with Crippen molar-refractivity contribution in [2.45, 2.75) is 33.6 Å². The van der Waals surface area contributed by atoms with Crippen molar-refractivity contribution in [3.05, 3.63) is 34.3 Å². The first-order valence-electron chi connectivity index (χ1n) is 7.39. The van der Waals surface area contributed by atoms with E-state index in [-0.39, 0.29) is 24.0 Å². The molecule has 1 rings (SSSR count). The molecule has 2 N–H and O–H groups in total. The van der Waals surface area contributed by atoms with Gasteiger partial charge in [0.1, 0.15) is 0 Å². The third kappa shape index (κ3) is 7.49. The minimum atomic E-state index is 0. The molecule has 3 nitrogen and oxygen atoms in total. The molecule has 0 aliphatic carbocycles. The fourth-order valence-corrected chi connectivity index (χ4v) is 2.65. The highest BCUT2D eigenvalue weighted by Crippen LogP contribution is 2.17. The van der Waals surface area contributed by atoms with Crippen LogP contribution in [0.15, 0.2) is 33.7 Å². The minimum Gasteiger partial charge on any atom is -0.370 e. The topological polar surface area (TPSA) is 41.6 Å². The third-order valence-corrected chi connectivity index (χ3v) is 4.08. The summed E-state index contributed by atoms with van der Waals surface area (Å²) in [4.78, 5) is 6.65. The molecule has 120 valence electrons. The fourth-order valence-electron chi connectivity index (χ4n) is 2.21. The molecule has 0 heterocycles. The Morgan fingerprint density at radius 1 is 1.29 bits per heavy atom. The zero-order valence-electron chi connectivity index (χ0n) is 13.2. The standard InChI is InChI=1S/C16H26BrN3.HI/c1-4-13(10-14-8-7-9-15(17)11-14)12-19-16(18)20(5-2)6-3;/h7-9,11,13H,4-6,10,12H2,1-3H3,(H2,18,19);1H. The predicted molar refractivity (Wildman–Crippen MR) is 106 cm³/mol. The van der Waals surface area contributed by atoms with Crippen LogP contribution in [-0.2, 0) is 6.42 Å². The maximum absolute atomic E-state index is 6.03. The molecule has 1 aromatic rings. The summed E-state index contributed by atoms with van der Waals surface area (Å²) in [6.07, 6.45) is 2.16. The van der Waals surface area contributed by atoms with Crippen LogP contribution in [-0.4, -0.2) is 30.5 Å². The van der Waals surface area contributed by atoms with Gasteiger partial charge in [0.05, 0.1) is 0 Å². The van der Waals surface area contributed by atoms with Crippen molar-refractivity contribution >= 4 is 45.9 Å². The quantitative estimate of drug-likeness (QED) is 0.369. The normalized spacial score (nSPS) is 12.7. The zero-order chi connectivity index (χ0) is 15.0. The Morgan fingerprint density at radius 3 is 2.48 bits per heavy atom. The Bertz CT molecular complexity index is 433. The lowest BCUT2D eigenvalue weighted by Gasteiger charge is -2.20. The van der Waals surface area contributed by atoms with Crippen molar-refractivity contribution in [3.63, 3.8) is 0 Å². The molecule has 0 aliphatic rings. The van der Waals surface area contributed by atoms with Gasteiger partial charge < -0.3 is 10.6 Å². The highest BCUT2D eigenvalue weighted by molar-refractivity contribution is 14.0. The maximum Gasteiger partial charge on any atom is 0.191 e. The number of hydrogen-bond donors (Lipinski definition) is 1.